The van der Waals surface area contributed by atoms with Crippen LogP contribution >= 0.6 is 0 Å². The zero-order valence-corrected chi connectivity index (χ0v) is 7.72. The topological polar surface area (TPSA) is 4.93 Å². The largest absolute Gasteiger partial charge is 0.352 e. The zero-order valence-electron chi connectivity index (χ0n) is 7.72. The molecular formula is C10H17N. The van der Waals surface area contributed by atoms with E-state index in [1.807, 2.05) is 0 Å². The van der Waals surface area contributed by atoms with Crippen LogP contribution in [0.15, 0.2) is 12.1 Å². The van der Waals surface area contributed by atoms with Gasteiger partial charge in [0.15, 0.2) is 0 Å². The Morgan fingerprint density at radius 1 is 1.36 bits per heavy atom. The number of rotatable bonds is 3. The van der Waals surface area contributed by atoms with Crippen molar-refractivity contribution in [3.63, 3.8) is 0 Å². The van der Waals surface area contributed by atoms with Gasteiger partial charge in [-0.1, -0.05) is 13.3 Å². The van der Waals surface area contributed by atoms with Crippen molar-refractivity contribution in [3.8, 4) is 0 Å². The fourth-order valence-corrected chi connectivity index (χ4v) is 1.28. The lowest BCUT2D eigenvalue weighted by atomic mass is 10.2. The number of aryl methyl sites for hydroxylation is 2. The molecule has 0 aliphatic heterocycles. The van der Waals surface area contributed by atoms with Crippen molar-refractivity contribution >= 4 is 0 Å². The highest BCUT2D eigenvalue weighted by Gasteiger charge is 1.98. The molecular weight excluding hydrogens is 134 g/mol. The summed E-state index contributed by atoms with van der Waals surface area (Å²) < 4.78 is 2.27. The van der Waals surface area contributed by atoms with Crippen LogP contribution in [0.3, 0.4) is 0 Å². The lowest BCUT2D eigenvalue weighted by Crippen LogP contribution is -1.97. The average molecular weight is 151 g/mol. The van der Waals surface area contributed by atoms with Gasteiger partial charge in [0.1, 0.15) is 0 Å². The normalized spacial score (nSPS) is 10.5. The third-order valence-electron chi connectivity index (χ3n) is 2.26. The van der Waals surface area contributed by atoms with Crippen molar-refractivity contribution in [1.82, 2.24) is 4.57 Å². The van der Waals surface area contributed by atoms with Gasteiger partial charge in [0.25, 0.3) is 0 Å². The average Bonchev–Trinajstić information content (AvgIpc) is 2.31. The van der Waals surface area contributed by atoms with Gasteiger partial charge < -0.3 is 4.57 Å². The molecule has 0 saturated heterocycles. The van der Waals surface area contributed by atoms with Gasteiger partial charge in [0.2, 0.25) is 0 Å². The Balaban J connectivity index is 2.63. The van der Waals surface area contributed by atoms with E-state index in [0.717, 1.165) is 0 Å². The molecule has 1 aromatic heterocycles. The molecule has 0 fully saturated rings. The van der Waals surface area contributed by atoms with Crippen LogP contribution in [-0.2, 0) is 13.5 Å². The monoisotopic (exact) mass is 151 g/mol. The summed E-state index contributed by atoms with van der Waals surface area (Å²) in [5, 5.41) is 0. The van der Waals surface area contributed by atoms with Gasteiger partial charge in [-0.25, -0.2) is 0 Å². The molecule has 1 rings (SSSR count). The minimum Gasteiger partial charge on any atom is -0.352 e. The van der Waals surface area contributed by atoms with Gasteiger partial charge >= 0.3 is 0 Å². The Bertz CT molecular complexity index is 223. The third kappa shape index (κ3) is 1.86. The standard InChI is InChI=1S/C10H17N/c1-4-5-6-10-8-7-9(2)11(10)3/h7-8H,4-6H2,1-3H3. The van der Waals surface area contributed by atoms with Gasteiger partial charge in [0, 0.05) is 18.4 Å². The Hall–Kier alpha value is -0.720. The molecule has 1 heterocycles. The molecule has 0 aliphatic rings. The fraction of sp³-hybridized carbons (Fsp3) is 0.600. The summed E-state index contributed by atoms with van der Waals surface area (Å²) in [4.78, 5) is 0. The maximum absolute atomic E-state index is 2.27. The second kappa shape index (κ2) is 3.61. The number of nitrogens with zero attached hydrogens (tertiary/aromatic N) is 1. The Morgan fingerprint density at radius 3 is 2.55 bits per heavy atom. The van der Waals surface area contributed by atoms with E-state index in [2.05, 4.69) is 37.6 Å². The fourth-order valence-electron chi connectivity index (χ4n) is 1.28. The van der Waals surface area contributed by atoms with Gasteiger partial charge in [-0.3, -0.25) is 0 Å². The van der Waals surface area contributed by atoms with E-state index >= 15 is 0 Å². The van der Waals surface area contributed by atoms with Crippen LogP contribution in [0.1, 0.15) is 31.2 Å². The number of hydrogen-bond acceptors (Lipinski definition) is 0. The number of hydrogen-bond donors (Lipinski definition) is 0. The summed E-state index contributed by atoms with van der Waals surface area (Å²) in [6.45, 7) is 4.38. The van der Waals surface area contributed by atoms with E-state index in [4.69, 9.17) is 0 Å². The molecule has 0 aliphatic carbocycles. The molecule has 0 spiro atoms. The van der Waals surface area contributed by atoms with E-state index in [1.54, 1.807) is 0 Å². The summed E-state index contributed by atoms with van der Waals surface area (Å²) in [6.07, 6.45) is 3.81. The number of aromatic nitrogens is 1. The molecule has 0 atom stereocenters. The van der Waals surface area contributed by atoms with Gasteiger partial charge in [-0.2, -0.15) is 0 Å². The van der Waals surface area contributed by atoms with Crippen molar-refractivity contribution in [3.05, 3.63) is 23.5 Å². The summed E-state index contributed by atoms with van der Waals surface area (Å²) in [6, 6.07) is 4.41. The molecule has 0 saturated carbocycles. The van der Waals surface area contributed by atoms with Crippen molar-refractivity contribution in [2.75, 3.05) is 0 Å². The van der Waals surface area contributed by atoms with Gasteiger partial charge in [-0.15, -0.1) is 0 Å². The first-order valence-corrected chi connectivity index (χ1v) is 4.37. The first-order chi connectivity index (χ1) is 5.25. The predicted molar refractivity (Wildman–Crippen MR) is 48.8 cm³/mol. The second-order valence-electron chi connectivity index (χ2n) is 3.13. The lowest BCUT2D eigenvalue weighted by Gasteiger charge is -2.03. The van der Waals surface area contributed by atoms with Crippen LogP contribution in [0, 0.1) is 6.92 Å². The first-order valence-electron chi connectivity index (χ1n) is 4.37. The molecule has 0 N–H and O–H groups in total. The highest BCUT2D eigenvalue weighted by molar-refractivity contribution is 5.14. The molecule has 1 heteroatoms. The van der Waals surface area contributed by atoms with E-state index in [9.17, 15) is 0 Å². The Kier molecular flexibility index (Phi) is 2.75. The molecule has 11 heavy (non-hydrogen) atoms. The molecule has 0 amide bonds. The Morgan fingerprint density at radius 2 is 2.09 bits per heavy atom. The summed E-state index contributed by atoms with van der Waals surface area (Å²) >= 11 is 0. The first kappa shape index (κ1) is 8.38. The van der Waals surface area contributed by atoms with E-state index in [-0.39, 0.29) is 0 Å². The smallest absolute Gasteiger partial charge is 0.0174 e. The lowest BCUT2D eigenvalue weighted by molar-refractivity contribution is 0.723. The SMILES string of the molecule is CCCCc1ccc(C)n1C. The van der Waals surface area contributed by atoms with Crippen LogP contribution < -0.4 is 0 Å². The van der Waals surface area contributed by atoms with Crippen molar-refractivity contribution in [2.45, 2.75) is 33.1 Å². The summed E-state index contributed by atoms with van der Waals surface area (Å²) in [5.41, 5.74) is 2.82. The maximum atomic E-state index is 2.27. The Labute approximate surface area is 69.0 Å². The van der Waals surface area contributed by atoms with Crippen LogP contribution in [0.25, 0.3) is 0 Å². The predicted octanol–water partition coefficient (Wildman–Crippen LogP) is 2.68. The molecule has 0 unspecified atom stereocenters. The number of unbranched alkanes of at least 4 members (excludes halogenated alkanes) is 1. The molecule has 0 radical (unpaired) electrons. The van der Waals surface area contributed by atoms with Crippen molar-refractivity contribution < 1.29 is 0 Å². The maximum Gasteiger partial charge on any atom is 0.0174 e. The van der Waals surface area contributed by atoms with E-state index in [1.165, 1.54) is 30.7 Å². The summed E-state index contributed by atoms with van der Waals surface area (Å²) in [7, 11) is 2.14. The van der Waals surface area contributed by atoms with E-state index in [0.29, 0.717) is 0 Å². The quantitative estimate of drug-likeness (QED) is 0.626. The molecule has 0 bridgehead atoms. The van der Waals surface area contributed by atoms with Crippen LogP contribution in [0.4, 0.5) is 0 Å². The second-order valence-corrected chi connectivity index (χ2v) is 3.13. The van der Waals surface area contributed by atoms with Crippen molar-refractivity contribution in [2.24, 2.45) is 7.05 Å². The molecule has 1 aromatic rings. The summed E-state index contributed by atoms with van der Waals surface area (Å²) in [5.74, 6) is 0. The third-order valence-corrected chi connectivity index (χ3v) is 2.26. The molecule has 1 nitrogen and oxygen atoms in total. The molecule has 0 aromatic carbocycles. The van der Waals surface area contributed by atoms with Gasteiger partial charge in [0.05, 0.1) is 0 Å². The van der Waals surface area contributed by atoms with Crippen LogP contribution in [0.5, 0.6) is 0 Å². The highest BCUT2D eigenvalue weighted by atomic mass is 14.9. The van der Waals surface area contributed by atoms with E-state index < -0.39 is 0 Å². The minimum atomic E-state index is 1.22. The highest BCUT2D eigenvalue weighted by Crippen LogP contribution is 2.08. The minimum absolute atomic E-state index is 1.22. The van der Waals surface area contributed by atoms with Gasteiger partial charge in [-0.05, 0) is 31.9 Å². The van der Waals surface area contributed by atoms with Crippen molar-refractivity contribution in [1.29, 1.82) is 0 Å². The molecule has 62 valence electrons. The van der Waals surface area contributed by atoms with Crippen LogP contribution in [-0.4, -0.2) is 4.57 Å². The van der Waals surface area contributed by atoms with Crippen LogP contribution in [0.2, 0.25) is 0 Å². The zero-order chi connectivity index (χ0) is 8.27.